The Balaban J connectivity index is 2.61. The average molecular weight is 312 g/mol. The normalized spacial score (nSPS) is 12.0. The Labute approximate surface area is 130 Å². The van der Waals surface area contributed by atoms with E-state index in [-0.39, 0.29) is 18.4 Å². The van der Waals surface area contributed by atoms with Crippen LogP contribution in [0.1, 0.15) is 37.8 Å². The van der Waals surface area contributed by atoms with Gasteiger partial charge in [-0.3, -0.25) is 9.59 Å². The van der Waals surface area contributed by atoms with Crippen molar-refractivity contribution in [3.8, 4) is 0 Å². The van der Waals surface area contributed by atoms with E-state index < -0.39 is 5.97 Å². The Hall–Kier alpha value is -1.55. The molecule has 0 saturated carbocycles. The number of nitrogens with zero attached hydrogens (tertiary/aromatic N) is 1. The van der Waals surface area contributed by atoms with Crippen LogP contribution in [0, 0.1) is 6.92 Å². The molecule has 0 saturated heterocycles. The largest absolute Gasteiger partial charge is 0.481 e. The molecule has 21 heavy (non-hydrogen) atoms. The monoisotopic (exact) mass is 311 g/mol. The number of aryl methyl sites for hydroxylation is 2. The van der Waals surface area contributed by atoms with Gasteiger partial charge in [-0.25, -0.2) is 0 Å². The smallest absolute Gasteiger partial charge is 0.305 e. The lowest BCUT2D eigenvalue weighted by Gasteiger charge is -2.27. The Morgan fingerprint density at radius 3 is 2.57 bits per heavy atom. The minimum atomic E-state index is -0.890. The second kappa shape index (κ2) is 8.03. The van der Waals surface area contributed by atoms with Crippen LogP contribution in [0.2, 0.25) is 5.02 Å². The van der Waals surface area contributed by atoms with Crippen LogP contribution >= 0.6 is 11.6 Å². The molecule has 1 unspecified atom stereocenters. The summed E-state index contributed by atoms with van der Waals surface area (Å²) >= 11 is 6.07. The Kier molecular flexibility index (Phi) is 6.69. The third-order valence-electron chi connectivity index (χ3n) is 3.53. The molecule has 0 radical (unpaired) electrons. The van der Waals surface area contributed by atoms with Crippen LogP contribution in [-0.2, 0) is 16.0 Å². The lowest BCUT2D eigenvalue weighted by molar-refractivity contribution is -0.140. The molecule has 1 rings (SSSR count). The van der Waals surface area contributed by atoms with Gasteiger partial charge in [0.05, 0.1) is 6.42 Å². The number of benzene rings is 1. The van der Waals surface area contributed by atoms with Crippen LogP contribution in [-0.4, -0.2) is 34.5 Å². The molecule has 0 aliphatic heterocycles. The number of carboxylic acid groups (broad SMARTS) is 1. The van der Waals surface area contributed by atoms with E-state index in [1.807, 2.05) is 32.0 Å². The maximum Gasteiger partial charge on any atom is 0.305 e. The van der Waals surface area contributed by atoms with Crippen LogP contribution in [0.25, 0.3) is 0 Å². The fraction of sp³-hybridized carbons (Fsp3) is 0.500. The quantitative estimate of drug-likeness (QED) is 0.840. The number of carboxylic acids is 1. The van der Waals surface area contributed by atoms with Crippen LogP contribution in [0.5, 0.6) is 0 Å². The van der Waals surface area contributed by atoms with Crippen molar-refractivity contribution in [3.63, 3.8) is 0 Å². The number of carbonyl (C=O) groups excluding carboxylic acids is 1. The molecule has 0 heterocycles. The Bertz CT molecular complexity index is 516. The average Bonchev–Trinajstić information content (AvgIpc) is 2.40. The highest BCUT2D eigenvalue weighted by molar-refractivity contribution is 6.31. The zero-order valence-electron chi connectivity index (χ0n) is 12.7. The van der Waals surface area contributed by atoms with Gasteiger partial charge in [-0.2, -0.15) is 0 Å². The van der Waals surface area contributed by atoms with Gasteiger partial charge in [0.2, 0.25) is 5.91 Å². The Morgan fingerprint density at radius 2 is 2.05 bits per heavy atom. The van der Waals surface area contributed by atoms with Crippen LogP contribution < -0.4 is 0 Å². The molecule has 0 bridgehead atoms. The number of halogens is 1. The topological polar surface area (TPSA) is 57.6 Å². The molecule has 0 fully saturated rings. The first-order valence-corrected chi connectivity index (χ1v) is 7.49. The molecule has 0 aliphatic carbocycles. The van der Waals surface area contributed by atoms with Crippen LogP contribution in [0.15, 0.2) is 18.2 Å². The van der Waals surface area contributed by atoms with Gasteiger partial charge >= 0.3 is 5.97 Å². The minimum Gasteiger partial charge on any atom is -0.481 e. The zero-order chi connectivity index (χ0) is 16.0. The summed E-state index contributed by atoms with van der Waals surface area (Å²) in [5, 5.41) is 9.52. The third-order valence-corrected chi connectivity index (χ3v) is 3.93. The predicted octanol–water partition coefficient (Wildman–Crippen LogP) is 3.29. The summed E-state index contributed by atoms with van der Waals surface area (Å²) in [4.78, 5) is 24.6. The molecule has 4 nitrogen and oxygen atoms in total. The molecule has 1 amide bonds. The summed E-state index contributed by atoms with van der Waals surface area (Å²) in [6, 6.07) is 5.49. The second-order valence-electron chi connectivity index (χ2n) is 5.21. The van der Waals surface area contributed by atoms with E-state index in [1.165, 1.54) is 0 Å². The first-order valence-electron chi connectivity index (χ1n) is 7.11. The second-order valence-corrected chi connectivity index (χ2v) is 5.62. The van der Waals surface area contributed by atoms with Crippen LogP contribution in [0.4, 0.5) is 0 Å². The van der Waals surface area contributed by atoms with Gasteiger partial charge in [-0.05, 0) is 44.4 Å². The summed E-state index contributed by atoms with van der Waals surface area (Å²) in [5.74, 6) is -0.915. The van der Waals surface area contributed by atoms with Crippen molar-refractivity contribution >= 4 is 23.5 Å². The van der Waals surface area contributed by atoms with Gasteiger partial charge in [-0.1, -0.05) is 23.7 Å². The van der Waals surface area contributed by atoms with Crippen molar-refractivity contribution < 1.29 is 14.7 Å². The van der Waals surface area contributed by atoms with Gasteiger partial charge < -0.3 is 10.0 Å². The molecule has 1 aromatic rings. The number of aliphatic carboxylic acids is 1. The number of carbonyl (C=O) groups is 2. The van der Waals surface area contributed by atoms with Crippen molar-refractivity contribution in [3.05, 3.63) is 34.3 Å². The lowest BCUT2D eigenvalue weighted by atomic mass is 10.1. The zero-order valence-corrected chi connectivity index (χ0v) is 13.5. The summed E-state index contributed by atoms with van der Waals surface area (Å²) in [7, 11) is 0. The molecular formula is C16H22ClNO3. The molecule has 116 valence electrons. The van der Waals surface area contributed by atoms with Gasteiger partial charge in [0, 0.05) is 24.0 Å². The molecule has 1 N–H and O–H groups in total. The van der Waals surface area contributed by atoms with Crippen LogP contribution in [0.3, 0.4) is 0 Å². The molecule has 0 spiro atoms. The summed E-state index contributed by atoms with van der Waals surface area (Å²) in [6.07, 6.45) is 0.933. The molecule has 0 aromatic heterocycles. The van der Waals surface area contributed by atoms with E-state index in [1.54, 1.807) is 11.8 Å². The third kappa shape index (κ3) is 5.38. The van der Waals surface area contributed by atoms with Gasteiger partial charge in [0.1, 0.15) is 0 Å². The maximum absolute atomic E-state index is 12.2. The van der Waals surface area contributed by atoms with E-state index in [9.17, 15) is 9.59 Å². The molecule has 1 aromatic carbocycles. The maximum atomic E-state index is 12.2. The van der Waals surface area contributed by atoms with E-state index >= 15 is 0 Å². The van der Waals surface area contributed by atoms with Crippen molar-refractivity contribution in [1.82, 2.24) is 4.90 Å². The molecule has 1 atom stereocenters. The summed E-state index contributed by atoms with van der Waals surface area (Å²) in [5.41, 5.74) is 2.03. The van der Waals surface area contributed by atoms with Crippen molar-refractivity contribution in [2.75, 3.05) is 6.54 Å². The summed E-state index contributed by atoms with van der Waals surface area (Å²) in [6.45, 7) is 6.07. The molecule has 0 aliphatic rings. The molecular weight excluding hydrogens is 290 g/mol. The van der Waals surface area contributed by atoms with Gasteiger partial charge in [0.25, 0.3) is 0 Å². The fourth-order valence-corrected chi connectivity index (χ4v) is 2.49. The fourth-order valence-electron chi connectivity index (χ4n) is 2.28. The highest BCUT2D eigenvalue weighted by Crippen LogP contribution is 2.18. The lowest BCUT2D eigenvalue weighted by Crippen LogP contribution is -2.39. The number of amides is 1. The molecule has 5 heteroatoms. The number of rotatable bonds is 7. The Morgan fingerprint density at radius 1 is 1.38 bits per heavy atom. The first kappa shape index (κ1) is 17.5. The standard InChI is InChI=1S/C16H22ClNO3/c1-4-18(12(3)9-16(20)21)15(19)8-7-13-6-5-11(2)14(17)10-13/h5-6,10,12H,4,7-9H2,1-3H3,(H,20,21). The van der Waals surface area contributed by atoms with Crippen molar-refractivity contribution in [2.24, 2.45) is 0 Å². The predicted molar refractivity (Wildman–Crippen MR) is 83.6 cm³/mol. The van der Waals surface area contributed by atoms with E-state index in [0.717, 1.165) is 11.1 Å². The number of hydrogen-bond donors (Lipinski definition) is 1. The van der Waals surface area contributed by atoms with Crippen molar-refractivity contribution in [2.45, 2.75) is 46.1 Å². The van der Waals surface area contributed by atoms with Gasteiger partial charge in [0.15, 0.2) is 0 Å². The highest BCUT2D eigenvalue weighted by Gasteiger charge is 2.20. The first-order chi connectivity index (χ1) is 9.85. The van der Waals surface area contributed by atoms with E-state index in [4.69, 9.17) is 16.7 Å². The highest BCUT2D eigenvalue weighted by atomic mass is 35.5. The van der Waals surface area contributed by atoms with E-state index in [2.05, 4.69) is 0 Å². The number of hydrogen-bond acceptors (Lipinski definition) is 2. The minimum absolute atomic E-state index is 0.0250. The van der Waals surface area contributed by atoms with Crippen molar-refractivity contribution in [1.29, 1.82) is 0 Å². The summed E-state index contributed by atoms with van der Waals surface area (Å²) < 4.78 is 0. The van der Waals surface area contributed by atoms with E-state index in [0.29, 0.717) is 24.4 Å². The van der Waals surface area contributed by atoms with Gasteiger partial charge in [-0.15, -0.1) is 0 Å². The SMILES string of the molecule is CCN(C(=O)CCc1ccc(C)c(Cl)c1)C(C)CC(=O)O.